The minimum Gasteiger partial charge on any atom is -0.454 e. The summed E-state index contributed by atoms with van der Waals surface area (Å²) in [6.45, 7) is 8.14. The van der Waals surface area contributed by atoms with Crippen molar-refractivity contribution in [2.45, 2.75) is 32.9 Å². The smallest absolute Gasteiger partial charge is 0.272 e. The van der Waals surface area contributed by atoms with Gasteiger partial charge in [-0.25, -0.2) is 4.90 Å². The van der Waals surface area contributed by atoms with E-state index in [4.69, 9.17) is 9.47 Å². The summed E-state index contributed by atoms with van der Waals surface area (Å²) in [4.78, 5) is 28.4. The second kappa shape index (κ2) is 7.02. The average Bonchev–Trinajstić information content (AvgIpc) is 3.18. The molecule has 0 aliphatic carbocycles. The number of fused-ring (bicyclic) bond motifs is 1. The minimum atomic E-state index is -0.307. The first kappa shape index (κ1) is 18.6. The van der Waals surface area contributed by atoms with Gasteiger partial charge in [0.1, 0.15) is 0 Å². The summed E-state index contributed by atoms with van der Waals surface area (Å²) >= 11 is 1.43. The van der Waals surface area contributed by atoms with Gasteiger partial charge in [-0.1, -0.05) is 37.6 Å². The molecule has 4 rings (SSSR count). The molecule has 0 spiro atoms. The van der Waals surface area contributed by atoms with Crippen molar-refractivity contribution in [3.63, 3.8) is 0 Å². The quantitative estimate of drug-likeness (QED) is 0.716. The van der Waals surface area contributed by atoms with Crippen molar-refractivity contribution in [3.8, 4) is 11.5 Å². The van der Waals surface area contributed by atoms with Crippen LogP contribution >= 0.6 is 11.8 Å². The van der Waals surface area contributed by atoms with Gasteiger partial charge >= 0.3 is 0 Å². The number of carbonyl (C=O) groups is 2. The minimum absolute atomic E-state index is 0.140. The molecule has 0 atom stereocenters. The maximum absolute atomic E-state index is 13.4. The maximum atomic E-state index is 13.4. The highest BCUT2D eigenvalue weighted by Gasteiger charge is 2.41. The van der Waals surface area contributed by atoms with E-state index < -0.39 is 0 Å². The molecule has 0 bridgehead atoms. The Labute approximate surface area is 168 Å². The third-order valence-electron chi connectivity index (χ3n) is 4.66. The molecule has 2 heterocycles. The van der Waals surface area contributed by atoms with Crippen LogP contribution < -0.4 is 14.4 Å². The Morgan fingerprint density at radius 2 is 1.71 bits per heavy atom. The predicted molar refractivity (Wildman–Crippen MR) is 111 cm³/mol. The summed E-state index contributed by atoms with van der Waals surface area (Å²) in [6.07, 6.45) is 0. The Kier molecular flexibility index (Phi) is 4.67. The monoisotopic (exact) mass is 395 g/mol. The number of aryl methyl sites for hydroxylation is 2. The summed E-state index contributed by atoms with van der Waals surface area (Å²) < 4.78 is 10.7. The highest BCUT2D eigenvalue weighted by molar-refractivity contribution is 8.04. The van der Waals surface area contributed by atoms with Gasteiger partial charge < -0.3 is 9.47 Å². The van der Waals surface area contributed by atoms with E-state index >= 15 is 0 Å². The first-order valence-corrected chi connectivity index (χ1v) is 10.0. The van der Waals surface area contributed by atoms with Crippen molar-refractivity contribution in [2.24, 2.45) is 0 Å². The molecule has 144 valence electrons. The molecule has 0 saturated carbocycles. The average molecular weight is 395 g/mol. The molecule has 0 aromatic heterocycles. The fourth-order valence-electron chi connectivity index (χ4n) is 3.45. The highest BCUT2D eigenvalue weighted by Crippen LogP contribution is 2.43. The van der Waals surface area contributed by atoms with Crippen LogP contribution in [0.3, 0.4) is 0 Å². The topological polar surface area (TPSA) is 55.8 Å². The van der Waals surface area contributed by atoms with Gasteiger partial charge in [0.2, 0.25) is 6.79 Å². The Balaban J connectivity index is 1.82. The van der Waals surface area contributed by atoms with Crippen molar-refractivity contribution in [1.82, 2.24) is 0 Å². The lowest BCUT2D eigenvalue weighted by molar-refractivity contribution is -0.119. The molecule has 2 amide bonds. The number of carbonyl (C=O) groups excluding carboxylic acids is 2. The van der Waals surface area contributed by atoms with E-state index in [1.807, 2.05) is 45.9 Å². The van der Waals surface area contributed by atoms with E-state index in [9.17, 15) is 9.59 Å². The molecule has 6 heteroatoms. The highest BCUT2D eigenvalue weighted by atomic mass is 32.2. The second-order valence-corrected chi connectivity index (χ2v) is 8.76. The standard InChI is InChI=1S/C22H21NO4S/c1-12(2)28-20-19(16-7-5-13(3)9-14(16)4)21(24)23(22(20)25)15-6-8-17-18(10-15)27-11-26-17/h5-10,12H,11H2,1-4H3. The zero-order valence-electron chi connectivity index (χ0n) is 16.2. The van der Waals surface area contributed by atoms with Crippen molar-refractivity contribution in [3.05, 3.63) is 58.0 Å². The number of hydrogen-bond acceptors (Lipinski definition) is 5. The van der Waals surface area contributed by atoms with E-state index in [0.717, 1.165) is 16.7 Å². The lowest BCUT2D eigenvalue weighted by Gasteiger charge is -2.16. The Hall–Kier alpha value is -2.73. The zero-order valence-corrected chi connectivity index (χ0v) is 17.1. The lowest BCUT2D eigenvalue weighted by Crippen LogP contribution is -2.31. The van der Waals surface area contributed by atoms with E-state index in [1.54, 1.807) is 18.2 Å². The molecule has 2 aromatic carbocycles. The molecule has 0 fully saturated rings. The van der Waals surface area contributed by atoms with Crippen LogP contribution in [0, 0.1) is 13.8 Å². The van der Waals surface area contributed by atoms with Crippen LogP contribution in [0.1, 0.15) is 30.5 Å². The van der Waals surface area contributed by atoms with Crippen LogP contribution in [0.15, 0.2) is 41.3 Å². The number of thioether (sulfide) groups is 1. The zero-order chi connectivity index (χ0) is 20.0. The number of ether oxygens (including phenoxy) is 2. The molecule has 28 heavy (non-hydrogen) atoms. The van der Waals surface area contributed by atoms with Crippen LogP contribution in [-0.4, -0.2) is 23.9 Å². The molecule has 0 saturated heterocycles. The van der Waals surface area contributed by atoms with Gasteiger partial charge in [-0.05, 0) is 37.1 Å². The third kappa shape index (κ3) is 3.07. The summed E-state index contributed by atoms with van der Waals surface area (Å²) in [5, 5.41) is 0.171. The van der Waals surface area contributed by atoms with Gasteiger partial charge in [0.25, 0.3) is 11.8 Å². The summed E-state index contributed by atoms with van der Waals surface area (Å²) in [7, 11) is 0. The molecule has 2 aliphatic rings. The number of hydrogen-bond donors (Lipinski definition) is 0. The number of amides is 2. The molecular weight excluding hydrogens is 374 g/mol. The van der Waals surface area contributed by atoms with Crippen LogP contribution in [0.25, 0.3) is 5.57 Å². The maximum Gasteiger partial charge on any atom is 0.272 e. The van der Waals surface area contributed by atoms with Gasteiger partial charge in [-0.3, -0.25) is 9.59 Å². The molecular formula is C22H21NO4S. The predicted octanol–water partition coefficient (Wildman–Crippen LogP) is 4.46. The fraction of sp³-hybridized carbons (Fsp3) is 0.273. The second-order valence-electron chi connectivity index (χ2n) is 7.17. The fourth-order valence-corrected chi connectivity index (χ4v) is 4.42. The van der Waals surface area contributed by atoms with E-state index in [2.05, 4.69) is 0 Å². The Morgan fingerprint density at radius 3 is 2.43 bits per heavy atom. The van der Waals surface area contributed by atoms with Crippen molar-refractivity contribution >= 4 is 34.8 Å². The number of anilines is 1. The van der Waals surface area contributed by atoms with E-state index in [1.165, 1.54) is 16.7 Å². The van der Waals surface area contributed by atoms with Crippen LogP contribution in [0.4, 0.5) is 5.69 Å². The molecule has 0 unspecified atom stereocenters. The third-order valence-corrected chi connectivity index (χ3v) is 5.75. The first-order chi connectivity index (χ1) is 13.4. The van der Waals surface area contributed by atoms with Gasteiger partial charge in [0.15, 0.2) is 11.5 Å². The largest absolute Gasteiger partial charge is 0.454 e. The summed E-state index contributed by atoms with van der Waals surface area (Å²) in [5.74, 6) is 0.551. The van der Waals surface area contributed by atoms with Crippen LogP contribution in [0.2, 0.25) is 0 Å². The van der Waals surface area contributed by atoms with Crippen molar-refractivity contribution < 1.29 is 19.1 Å². The molecule has 2 aliphatic heterocycles. The SMILES string of the molecule is Cc1ccc(C2=C(SC(C)C)C(=O)N(c3ccc4c(c3)OCO4)C2=O)c(C)c1. The molecule has 0 N–H and O–H groups in total. The summed E-state index contributed by atoms with van der Waals surface area (Å²) in [5.41, 5.74) is 3.85. The molecule has 2 aromatic rings. The van der Waals surface area contributed by atoms with Crippen LogP contribution in [-0.2, 0) is 9.59 Å². The summed E-state index contributed by atoms with van der Waals surface area (Å²) in [6, 6.07) is 11.0. The van der Waals surface area contributed by atoms with Gasteiger partial charge in [0, 0.05) is 11.3 Å². The molecule has 5 nitrogen and oxygen atoms in total. The lowest BCUT2D eigenvalue weighted by atomic mass is 9.99. The normalized spacial score (nSPS) is 16.0. The van der Waals surface area contributed by atoms with Gasteiger partial charge in [0.05, 0.1) is 16.2 Å². The number of rotatable bonds is 4. The van der Waals surface area contributed by atoms with Crippen LogP contribution in [0.5, 0.6) is 11.5 Å². The Morgan fingerprint density at radius 1 is 0.964 bits per heavy atom. The molecule has 0 radical (unpaired) electrons. The number of benzene rings is 2. The van der Waals surface area contributed by atoms with Gasteiger partial charge in [-0.2, -0.15) is 0 Å². The van der Waals surface area contributed by atoms with Crippen molar-refractivity contribution in [2.75, 3.05) is 11.7 Å². The number of imide groups is 1. The van der Waals surface area contributed by atoms with Crippen molar-refractivity contribution in [1.29, 1.82) is 0 Å². The number of nitrogens with zero attached hydrogens (tertiary/aromatic N) is 1. The van der Waals surface area contributed by atoms with Gasteiger partial charge in [-0.15, -0.1) is 11.8 Å². The first-order valence-electron chi connectivity index (χ1n) is 9.14. The van der Waals surface area contributed by atoms with E-state index in [-0.39, 0.29) is 23.9 Å². The Bertz CT molecular complexity index is 1030. The van der Waals surface area contributed by atoms with E-state index in [0.29, 0.717) is 27.7 Å².